The van der Waals surface area contributed by atoms with Crippen molar-refractivity contribution in [3.05, 3.63) is 77.0 Å². The van der Waals surface area contributed by atoms with Crippen LogP contribution in [0.2, 0.25) is 0 Å². The van der Waals surface area contributed by atoms with E-state index < -0.39 is 0 Å². The topological polar surface area (TPSA) is 57.8 Å². The molecule has 0 atom stereocenters. The van der Waals surface area contributed by atoms with Gasteiger partial charge in [0, 0.05) is 12.1 Å². The normalized spacial score (nSPS) is 10.9. The number of hydrogen-bond acceptors (Lipinski definition) is 2. The Labute approximate surface area is 148 Å². The monoisotopic (exact) mass is 333 g/mol. The minimum absolute atomic E-state index is 0.128. The molecule has 0 spiro atoms. The molecule has 25 heavy (non-hydrogen) atoms. The molecule has 0 radical (unpaired) electrons. The molecule has 1 aromatic heterocycles. The first-order valence-corrected chi connectivity index (χ1v) is 8.52. The number of carbonyl (C=O) groups is 1. The number of carbonyl (C=O) groups excluding carboxylic acids is 1. The van der Waals surface area contributed by atoms with Crippen molar-refractivity contribution in [3.8, 4) is 11.3 Å². The molecule has 1 amide bonds. The first kappa shape index (κ1) is 17.0. The first-order chi connectivity index (χ1) is 12.0. The Morgan fingerprint density at radius 2 is 1.76 bits per heavy atom. The maximum atomic E-state index is 12.5. The highest BCUT2D eigenvalue weighted by Gasteiger charge is 2.15. The maximum absolute atomic E-state index is 12.5. The van der Waals surface area contributed by atoms with Gasteiger partial charge in [0.25, 0.3) is 5.91 Å². The smallest absolute Gasteiger partial charge is 0.255 e. The van der Waals surface area contributed by atoms with Crippen molar-refractivity contribution in [3.63, 3.8) is 0 Å². The van der Waals surface area contributed by atoms with Gasteiger partial charge >= 0.3 is 0 Å². The molecule has 0 saturated carbocycles. The Balaban J connectivity index is 1.70. The summed E-state index contributed by atoms with van der Waals surface area (Å²) in [6.07, 6.45) is 1.58. The van der Waals surface area contributed by atoms with E-state index in [1.165, 1.54) is 11.1 Å². The van der Waals surface area contributed by atoms with Crippen LogP contribution in [0.3, 0.4) is 0 Å². The number of aryl methyl sites for hydroxylation is 1. The van der Waals surface area contributed by atoms with Gasteiger partial charge in [-0.3, -0.25) is 9.89 Å². The van der Waals surface area contributed by atoms with Crippen molar-refractivity contribution >= 4 is 5.91 Å². The fourth-order valence-electron chi connectivity index (χ4n) is 2.70. The number of nitrogens with zero attached hydrogens (tertiary/aromatic N) is 1. The van der Waals surface area contributed by atoms with Gasteiger partial charge in [0.15, 0.2) is 0 Å². The standard InChI is InChI=1S/C21H23N3O/c1-14(2)17-10-6-16(7-11-17)12-22-21(25)19-13-23-24-20(19)18-8-4-15(3)5-9-18/h4-11,13-14H,12H2,1-3H3,(H,22,25)(H,23,24). The van der Waals surface area contributed by atoms with Crippen LogP contribution in [0.5, 0.6) is 0 Å². The van der Waals surface area contributed by atoms with E-state index in [-0.39, 0.29) is 5.91 Å². The number of rotatable bonds is 5. The molecular formula is C21H23N3O. The lowest BCUT2D eigenvalue weighted by Crippen LogP contribution is -2.23. The van der Waals surface area contributed by atoms with Gasteiger partial charge in [-0.1, -0.05) is 67.9 Å². The van der Waals surface area contributed by atoms with Crippen LogP contribution in [-0.4, -0.2) is 16.1 Å². The number of benzene rings is 2. The van der Waals surface area contributed by atoms with Gasteiger partial charge in [0.2, 0.25) is 0 Å². The zero-order valence-corrected chi connectivity index (χ0v) is 14.8. The van der Waals surface area contributed by atoms with Crippen LogP contribution in [0.1, 0.15) is 46.8 Å². The SMILES string of the molecule is Cc1ccc(-c2[nH]ncc2C(=O)NCc2ccc(C(C)C)cc2)cc1. The molecule has 2 N–H and O–H groups in total. The summed E-state index contributed by atoms with van der Waals surface area (Å²) in [5.41, 5.74) is 5.81. The molecule has 4 heteroatoms. The molecule has 0 fully saturated rings. The van der Waals surface area contributed by atoms with Gasteiger partial charge < -0.3 is 5.32 Å². The van der Waals surface area contributed by atoms with Crippen molar-refractivity contribution in [1.82, 2.24) is 15.5 Å². The minimum atomic E-state index is -0.128. The predicted octanol–water partition coefficient (Wildman–Crippen LogP) is 4.44. The molecule has 2 aromatic carbocycles. The van der Waals surface area contributed by atoms with Gasteiger partial charge in [-0.05, 0) is 24.0 Å². The van der Waals surface area contributed by atoms with E-state index in [1.807, 2.05) is 31.2 Å². The highest BCUT2D eigenvalue weighted by Crippen LogP contribution is 2.21. The van der Waals surface area contributed by atoms with Crippen LogP contribution >= 0.6 is 0 Å². The van der Waals surface area contributed by atoms with Gasteiger partial charge in [-0.2, -0.15) is 5.10 Å². The van der Waals surface area contributed by atoms with Gasteiger partial charge in [0.1, 0.15) is 0 Å². The van der Waals surface area contributed by atoms with Crippen molar-refractivity contribution in [2.75, 3.05) is 0 Å². The third-order valence-corrected chi connectivity index (χ3v) is 4.32. The summed E-state index contributed by atoms with van der Waals surface area (Å²) >= 11 is 0. The second kappa shape index (κ2) is 7.34. The van der Waals surface area contributed by atoms with E-state index in [2.05, 4.69) is 53.6 Å². The van der Waals surface area contributed by atoms with Crippen LogP contribution in [0.25, 0.3) is 11.3 Å². The number of aromatic amines is 1. The minimum Gasteiger partial charge on any atom is -0.348 e. The maximum Gasteiger partial charge on any atom is 0.255 e. The molecular weight excluding hydrogens is 310 g/mol. The second-order valence-corrected chi connectivity index (χ2v) is 6.60. The lowest BCUT2D eigenvalue weighted by atomic mass is 10.0. The molecule has 3 rings (SSSR count). The third-order valence-electron chi connectivity index (χ3n) is 4.32. The quantitative estimate of drug-likeness (QED) is 0.725. The third kappa shape index (κ3) is 3.97. The zero-order valence-electron chi connectivity index (χ0n) is 14.8. The van der Waals surface area contributed by atoms with E-state index in [1.54, 1.807) is 6.20 Å². The predicted molar refractivity (Wildman–Crippen MR) is 100 cm³/mol. The second-order valence-electron chi connectivity index (χ2n) is 6.60. The van der Waals surface area contributed by atoms with Crippen molar-refractivity contribution < 1.29 is 4.79 Å². The zero-order chi connectivity index (χ0) is 17.8. The lowest BCUT2D eigenvalue weighted by Gasteiger charge is -2.09. The molecule has 0 aliphatic heterocycles. The number of nitrogens with one attached hydrogen (secondary N) is 2. The van der Waals surface area contributed by atoms with E-state index in [0.29, 0.717) is 18.0 Å². The molecule has 0 unspecified atom stereocenters. The van der Waals surface area contributed by atoms with E-state index in [4.69, 9.17) is 0 Å². The molecule has 4 nitrogen and oxygen atoms in total. The highest BCUT2D eigenvalue weighted by molar-refractivity contribution is 5.99. The molecule has 3 aromatic rings. The number of aromatic nitrogens is 2. The summed E-state index contributed by atoms with van der Waals surface area (Å²) in [5.74, 6) is 0.379. The van der Waals surface area contributed by atoms with Crippen molar-refractivity contribution in [1.29, 1.82) is 0 Å². The molecule has 0 aliphatic carbocycles. The van der Waals surface area contributed by atoms with Gasteiger partial charge in [-0.15, -0.1) is 0 Å². The van der Waals surface area contributed by atoms with Crippen LogP contribution in [0, 0.1) is 6.92 Å². The van der Waals surface area contributed by atoms with Crippen LogP contribution in [0.4, 0.5) is 0 Å². The summed E-state index contributed by atoms with van der Waals surface area (Å²) in [6.45, 7) is 6.87. The van der Waals surface area contributed by atoms with E-state index in [0.717, 1.165) is 16.8 Å². The lowest BCUT2D eigenvalue weighted by molar-refractivity contribution is 0.0951. The van der Waals surface area contributed by atoms with E-state index in [9.17, 15) is 4.79 Å². The van der Waals surface area contributed by atoms with Crippen LogP contribution < -0.4 is 5.32 Å². The first-order valence-electron chi connectivity index (χ1n) is 8.52. The average Bonchev–Trinajstić information content (AvgIpc) is 3.10. The van der Waals surface area contributed by atoms with Crippen LogP contribution in [0.15, 0.2) is 54.7 Å². The van der Waals surface area contributed by atoms with Crippen molar-refractivity contribution in [2.24, 2.45) is 0 Å². The largest absolute Gasteiger partial charge is 0.348 e. The fraction of sp³-hybridized carbons (Fsp3) is 0.238. The fourth-order valence-corrected chi connectivity index (χ4v) is 2.70. The number of hydrogen-bond donors (Lipinski definition) is 2. The summed E-state index contributed by atoms with van der Waals surface area (Å²) in [4.78, 5) is 12.5. The number of amides is 1. The van der Waals surface area contributed by atoms with E-state index >= 15 is 0 Å². The highest BCUT2D eigenvalue weighted by atomic mass is 16.1. The molecule has 0 saturated heterocycles. The molecule has 1 heterocycles. The van der Waals surface area contributed by atoms with Gasteiger partial charge in [-0.25, -0.2) is 0 Å². The molecule has 0 bridgehead atoms. The Morgan fingerprint density at radius 1 is 1.08 bits per heavy atom. The summed E-state index contributed by atoms with van der Waals surface area (Å²) in [5, 5.41) is 9.94. The summed E-state index contributed by atoms with van der Waals surface area (Å²) < 4.78 is 0. The average molecular weight is 333 g/mol. The van der Waals surface area contributed by atoms with Crippen molar-refractivity contribution in [2.45, 2.75) is 33.2 Å². The Kier molecular flexibility index (Phi) is 4.98. The molecule has 128 valence electrons. The van der Waals surface area contributed by atoms with Crippen LogP contribution in [-0.2, 0) is 6.54 Å². The Morgan fingerprint density at radius 3 is 2.40 bits per heavy atom. The summed E-state index contributed by atoms with van der Waals surface area (Å²) in [6, 6.07) is 16.4. The Bertz CT molecular complexity index is 846. The Hall–Kier alpha value is -2.88. The van der Waals surface area contributed by atoms with Gasteiger partial charge in [0.05, 0.1) is 17.5 Å². The number of H-pyrrole nitrogens is 1. The summed E-state index contributed by atoms with van der Waals surface area (Å²) in [7, 11) is 0. The molecule has 0 aliphatic rings.